The monoisotopic (exact) mass is 439 g/mol. The number of benzene rings is 2. The molecule has 6 nitrogen and oxygen atoms in total. The number of rotatable bonds is 6. The molecule has 2 aromatic carbocycles. The predicted octanol–water partition coefficient (Wildman–Crippen LogP) is 3.69. The number of amides is 1. The molecule has 0 radical (unpaired) electrons. The van der Waals surface area contributed by atoms with Gasteiger partial charge in [0, 0.05) is 43.3 Å². The zero-order chi connectivity index (χ0) is 22.0. The lowest BCUT2D eigenvalue weighted by Crippen LogP contribution is -2.45. The number of sulfonamides is 1. The summed E-state index contributed by atoms with van der Waals surface area (Å²) >= 11 is 0. The Morgan fingerprint density at radius 2 is 1.97 bits per heavy atom. The third-order valence-electron chi connectivity index (χ3n) is 6.19. The van der Waals surface area contributed by atoms with Crippen LogP contribution in [0.15, 0.2) is 59.6 Å². The fourth-order valence-electron chi connectivity index (χ4n) is 4.27. The minimum Gasteiger partial charge on any atom is -0.352 e. The van der Waals surface area contributed by atoms with E-state index < -0.39 is 10.0 Å². The molecule has 1 aliphatic heterocycles. The molecule has 1 N–H and O–H groups in total. The Kier molecular flexibility index (Phi) is 6.16. The fourth-order valence-corrected chi connectivity index (χ4v) is 5.83. The van der Waals surface area contributed by atoms with Gasteiger partial charge in [0.1, 0.15) is 0 Å². The predicted molar refractivity (Wildman–Crippen MR) is 122 cm³/mol. The van der Waals surface area contributed by atoms with E-state index in [-0.39, 0.29) is 23.3 Å². The molecule has 0 bridgehead atoms. The van der Waals surface area contributed by atoms with E-state index in [1.165, 1.54) is 4.31 Å². The van der Waals surface area contributed by atoms with Crippen LogP contribution in [0.1, 0.15) is 30.9 Å². The summed E-state index contributed by atoms with van der Waals surface area (Å²) in [6.07, 6.45) is 3.34. The van der Waals surface area contributed by atoms with Crippen LogP contribution in [0.5, 0.6) is 0 Å². The number of hydrogen-bond acceptors (Lipinski definition) is 3. The highest BCUT2D eigenvalue weighted by Crippen LogP contribution is 2.27. The van der Waals surface area contributed by atoms with E-state index in [1.54, 1.807) is 12.1 Å². The van der Waals surface area contributed by atoms with Crippen molar-refractivity contribution in [1.29, 1.82) is 0 Å². The van der Waals surface area contributed by atoms with Crippen molar-refractivity contribution in [3.8, 4) is 0 Å². The van der Waals surface area contributed by atoms with Crippen molar-refractivity contribution in [2.45, 2.75) is 44.7 Å². The van der Waals surface area contributed by atoms with Crippen LogP contribution in [0.3, 0.4) is 0 Å². The molecule has 1 aromatic heterocycles. The van der Waals surface area contributed by atoms with Crippen LogP contribution in [-0.2, 0) is 27.9 Å². The van der Waals surface area contributed by atoms with Crippen LogP contribution >= 0.6 is 0 Å². The first-order valence-corrected chi connectivity index (χ1v) is 12.3. The van der Waals surface area contributed by atoms with Gasteiger partial charge in [0.05, 0.1) is 10.8 Å². The maximum absolute atomic E-state index is 13.3. The average Bonchev–Trinajstić information content (AvgIpc) is 3.21. The van der Waals surface area contributed by atoms with Crippen LogP contribution in [0.2, 0.25) is 0 Å². The molecular formula is C24H29N3O3S. The highest BCUT2D eigenvalue weighted by molar-refractivity contribution is 7.89. The molecule has 0 aliphatic carbocycles. The molecule has 4 rings (SSSR count). The smallest absolute Gasteiger partial charge is 0.243 e. The number of nitrogens with zero attached hydrogens (tertiary/aromatic N) is 2. The lowest BCUT2D eigenvalue weighted by atomic mass is 9.98. The van der Waals surface area contributed by atoms with Crippen LogP contribution in [0.25, 0.3) is 10.9 Å². The second-order valence-corrected chi connectivity index (χ2v) is 10.1. The summed E-state index contributed by atoms with van der Waals surface area (Å²) in [5.41, 5.74) is 3.22. The zero-order valence-electron chi connectivity index (χ0n) is 18.0. The third-order valence-corrected chi connectivity index (χ3v) is 8.05. The van der Waals surface area contributed by atoms with Gasteiger partial charge in [0.2, 0.25) is 15.9 Å². The maximum Gasteiger partial charge on any atom is 0.243 e. The first-order chi connectivity index (χ1) is 14.9. The van der Waals surface area contributed by atoms with E-state index in [1.807, 2.05) is 49.5 Å². The first kappa shape index (κ1) is 21.6. The van der Waals surface area contributed by atoms with Gasteiger partial charge < -0.3 is 9.88 Å². The largest absolute Gasteiger partial charge is 0.352 e. The molecule has 7 heteroatoms. The molecule has 0 unspecified atom stereocenters. The van der Waals surface area contributed by atoms with Crippen molar-refractivity contribution in [2.75, 3.05) is 13.1 Å². The number of carbonyl (C=O) groups is 1. The number of piperidine rings is 1. The molecule has 2 heterocycles. The van der Waals surface area contributed by atoms with Crippen molar-refractivity contribution in [1.82, 2.24) is 14.2 Å². The Morgan fingerprint density at radius 1 is 1.16 bits per heavy atom. The Labute approximate surface area is 183 Å². The van der Waals surface area contributed by atoms with E-state index in [2.05, 4.69) is 16.8 Å². The molecular weight excluding hydrogens is 410 g/mol. The molecule has 1 fully saturated rings. The quantitative estimate of drug-likeness (QED) is 0.637. The second kappa shape index (κ2) is 8.85. The molecule has 1 atom stereocenters. The van der Waals surface area contributed by atoms with Gasteiger partial charge in [0.25, 0.3) is 0 Å². The van der Waals surface area contributed by atoms with E-state index >= 15 is 0 Å². The molecule has 31 heavy (non-hydrogen) atoms. The minimum atomic E-state index is -3.65. The van der Waals surface area contributed by atoms with Gasteiger partial charge in [-0.2, -0.15) is 4.31 Å². The van der Waals surface area contributed by atoms with E-state index in [0.29, 0.717) is 25.9 Å². The Bertz CT molecular complexity index is 1200. The van der Waals surface area contributed by atoms with E-state index in [9.17, 15) is 13.2 Å². The van der Waals surface area contributed by atoms with Gasteiger partial charge in [-0.25, -0.2) is 8.42 Å². The Balaban J connectivity index is 1.47. The SMILES string of the molecule is CCn1ccc2cc(S(=O)(=O)N3CCC[C@@H](C(=O)NCc4ccccc4C)C3)ccc21. The number of fused-ring (bicyclic) bond motifs is 1. The van der Waals surface area contributed by atoms with Gasteiger partial charge in [-0.1, -0.05) is 24.3 Å². The summed E-state index contributed by atoms with van der Waals surface area (Å²) < 4.78 is 30.1. The number of aryl methyl sites for hydroxylation is 2. The topological polar surface area (TPSA) is 71.4 Å². The fraction of sp³-hybridized carbons (Fsp3) is 0.375. The van der Waals surface area contributed by atoms with Gasteiger partial charge in [-0.3, -0.25) is 4.79 Å². The molecule has 0 saturated carbocycles. The molecule has 1 aliphatic rings. The van der Waals surface area contributed by atoms with Gasteiger partial charge in [0.15, 0.2) is 0 Å². The summed E-state index contributed by atoms with van der Waals surface area (Å²) in [4.78, 5) is 13.1. The lowest BCUT2D eigenvalue weighted by molar-refractivity contribution is -0.126. The van der Waals surface area contributed by atoms with Crippen molar-refractivity contribution in [3.05, 3.63) is 65.9 Å². The lowest BCUT2D eigenvalue weighted by Gasteiger charge is -2.31. The molecule has 1 amide bonds. The second-order valence-electron chi connectivity index (χ2n) is 8.17. The number of aromatic nitrogens is 1. The number of hydrogen-bond donors (Lipinski definition) is 1. The highest BCUT2D eigenvalue weighted by Gasteiger charge is 2.33. The van der Waals surface area contributed by atoms with Crippen LogP contribution in [-0.4, -0.2) is 36.3 Å². The summed E-state index contributed by atoms with van der Waals surface area (Å²) in [5, 5.41) is 3.90. The first-order valence-electron chi connectivity index (χ1n) is 10.8. The van der Waals surface area contributed by atoms with Crippen molar-refractivity contribution < 1.29 is 13.2 Å². The Morgan fingerprint density at radius 3 is 2.74 bits per heavy atom. The molecule has 3 aromatic rings. The van der Waals surface area contributed by atoms with Gasteiger partial charge in [-0.15, -0.1) is 0 Å². The maximum atomic E-state index is 13.3. The number of carbonyl (C=O) groups excluding carboxylic acids is 1. The summed E-state index contributed by atoms with van der Waals surface area (Å²) in [6.45, 7) is 6.03. The van der Waals surface area contributed by atoms with Crippen molar-refractivity contribution in [2.24, 2.45) is 5.92 Å². The van der Waals surface area contributed by atoms with Gasteiger partial charge in [-0.05, 0) is 62.1 Å². The molecule has 1 saturated heterocycles. The third kappa shape index (κ3) is 4.38. The zero-order valence-corrected chi connectivity index (χ0v) is 18.9. The average molecular weight is 440 g/mol. The van der Waals surface area contributed by atoms with Crippen LogP contribution in [0, 0.1) is 12.8 Å². The Hall–Kier alpha value is -2.64. The normalized spacial score (nSPS) is 17.7. The number of nitrogens with one attached hydrogen (secondary N) is 1. The summed E-state index contributed by atoms with van der Waals surface area (Å²) in [6, 6.07) is 15.1. The standard InChI is InChI=1S/C24H29N3O3S/c1-3-26-14-12-19-15-22(10-11-23(19)26)31(29,30)27-13-6-9-21(17-27)24(28)25-16-20-8-5-4-7-18(20)2/h4-5,7-8,10-12,14-15,21H,3,6,9,13,16-17H2,1-2H3,(H,25,28)/t21-/m1/s1. The van der Waals surface area contributed by atoms with Gasteiger partial charge >= 0.3 is 0 Å². The van der Waals surface area contributed by atoms with Crippen molar-refractivity contribution >= 4 is 26.8 Å². The van der Waals surface area contributed by atoms with Crippen molar-refractivity contribution in [3.63, 3.8) is 0 Å². The summed E-state index contributed by atoms with van der Waals surface area (Å²) in [7, 11) is -3.65. The molecule has 164 valence electrons. The molecule has 0 spiro atoms. The minimum absolute atomic E-state index is 0.0846. The van der Waals surface area contributed by atoms with E-state index in [0.717, 1.165) is 28.6 Å². The summed E-state index contributed by atoms with van der Waals surface area (Å²) in [5.74, 6) is -0.420. The van der Waals surface area contributed by atoms with Crippen LogP contribution in [0.4, 0.5) is 0 Å². The highest BCUT2D eigenvalue weighted by atomic mass is 32.2. The van der Waals surface area contributed by atoms with E-state index in [4.69, 9.17) is 0 Å². The van der Waals surface area contributed by atoms with Crippen LogP contribution < -0.4 is 5.32 Å².